The standard InChI is InChI=1S/C21H27N5OS/c1-26(2)11-10-23-20-9-4-15(13-24-20)12-18(19-14-28-21(22)25-19)16-5-7-17(27-3)8-6-16/h4-9,13-14,18H,10-12H2,1-3H3,(H2,22,25)(H,23,24). The number of rotatable bonds is 9. The van der Waals surface area contributed by atoms with Gasteiger partial charge < -0.3 is 20.7 Å². The molecule has 2 heterocycles. The van der Waals surface area contributed by atoms with E-state index >= 15 is 0 Å². The van der Waals surface area contributed by atoms with Crippen LogP contribution >= 0.6 is 11.3 Å². The van der Waals surface area contributed by atoms with Gasteiger partial charge in [0.1, 0.15) is 11.6 Å². The third-order valence-corrected chi connectivity index (χ3v) is 5.24. The molecule has 0 spiro atoms. The van der Waals surface area contributed by atoms with Crippen molar-refractivity contribution in [3.63, 3.8) is 0 Å². The highest BCUT2D eigenvalue weighted by Crippen LogP contribution is 2.31. The lowest BCUT2D eigenvalue weighted by molar-refractivity contribution is 0.414. The quantitative estimate of drug-likeness (QED) is 0.576. The molecule has 3 aromatic rings. The van der Waals surface area contributed by atoms with Gasteiger partial charge in [-0.2, -0.15) is 0 Å². The Hall–Kier alpha value is -2.64. The fourth-order valence-electron chi connectivity index (χ4n) is 2.98. The molecule has 0 aliphatic rings. The van der Waals surface area contributed by atoms with Gasteiger partial charge in [0.15, 0.2) is 5.13 Å². The van der Waals surface area contributed by atoms with Crippen LogP contribution in [-0.2, 0) is 6.42 Å². The van der Waals surface area contributed by atoms with E-state index in [0.717, 1.165) is 42.3 Å². The van der Waals surface area contributed by atoms with Gasteiger partial charge >= 0.3 is 0 Å². The van der Waals surface area contributed by atoms with Gasteiger partial charge in [-0.3, -0.25) is 0 Å². The molecule has 0 radical (unpaired) electrons. The number of hydrogen-bond acceptors (Lipinski definition) is 7. The lowest BCUT2D eigenvalue weighted by Gasteiger charge is -2.16. The lowest BCUT2D eigenvalue weighted by Crippen LogP contribution is -2.21. The van der Waals surface area contributed by atoms with E-state index in [0.29, 0.717) is 5.13 Å². The van der Waals surface area contributed by atoms with Crippen molar-refractivity contribution in [3.05, 3.63) is 64.8 Å². The summed E-state index contributed by atoms with van der Waals surface area (Å²) in [6.07, 6.45) is 2.74. The molecule has 28 heavy (non-hydrogen) atoms. The third-order valence-electron chi connectivity index (χ3n) is 4.54. The molecule has 3 rings (SSSR count). The number of nitrogens with one attached hydrogen (secondary N) is 1. The minimum atomic E-state index is 0.119. The Morgan fingerprint density at radius 2 is 1.96 bits per heavy atom. The number of benzene rings is 1. The van der Waals surface area contributed by atoms with Gasteiger partial charge in [0.05, 0.1) is 12.8 Å². The fourth-order valence-corrected chi connectivity index (χ4v) is 3.60. The van der Waals surface area contributed by atoms with Crippen LogP contribution in [0.2, 0.25) is 0 Å². The maximum Gasteiger partial charge on any atom is 0.180 e. The molecule has 6 nitrogen and oxygen atoms in total. The van der Waals surface area contributed by atoms with Crippen molar-refractivity contribution in [2.24, 2.45) is 0 Å². The summed E-state index contributed by atoms with van der Waals surface area (Å²) >= 11 is 1.47. The number of likely N-dealkylation sites (N-methyl/N-ethyl adjacent to an activating group) is 1. The molecule has 1 unspecified atom stereocenters. The van der Waals surface area contributed by atoms with Crippen molar-refractivity contribution >= 4 is 22.3 Å². The number of nitrogens with two attached hydrogens (primary N) is 1. The van der Waals surface area contributed by atoms with Crippen molar-refractivity contribution < 1.29 is 4.74 Å². The van der Waals surface area contributed by atoms with Crippen LogP contribution in [-0.4, -0.2) is 49.2 Å². The fraction of sp³-hybridized carbons (Fsp3) is 0.333. The van der Waals surface area contributed by atoms with Crippen LogP contribution in [0.3, 0.4) is 0 Å². The Bertz CT molecular complexity index is 861. The first-order valence-corrected chi connectivity index (χ1v) is 10.1. The van der Waals surface area contributed by atoms with Gasteiger partial charge in [0, 0.05) is 30.6 Å². The second kappa shape index (κ2) is 9.52. The summed E-state index contributed by atoms with van der Waals surface area (Å²) in [5.41, 5.74) is 9.21. The van der Waals surface area contributed by atoms with Crippen molar-refractivity contribution in [2.75, 3.05) is 45.3 Å². The summed E-state index contributed by atoms with van der Waals surface area (Å²) in [6, 6.07) is 12.3. The monoisotopic (exact) mass is 397 g/mol. The zero-order valence-electron chi connectivity index (χ0n) is 16.6. The van der Waals surface area contributed by atoms with Crippen LogP contribution in [0.25, 0.3) is 0 Å². The number of ether oxygens (including phenoxy) is 1. The van der Waals surface area contributed by atoms with E-state index in [4.69, 9.17) is 10.5 Å². The first-order valence-electron chi connectivity index (χ1n) is 9.23. The average molecular weight is 398 g/mol. The maximum absolute atomic E-state index is 5.88. The van der Waals surface area contributed by atoms with E-state index in [-0.39, 0.29) is 5.92 Å². The zero-order chi connectivity index (χ0) is 19.9. The summed E-state index contributed by atoms with van der Waals surface area (Å²) < 4.78 is 5.28. The molecule has 1 aromatic carbocycles. The van der Waals surface area contributed by atoms with E-state index in [1.165, 1.54) is 16.9 Å². The molecule has 3 N–H and O–H groups in total. The van der Waals surface area contributed by atoms with Gasteiger partial charge in [0.2, 0.25) is 0 Å². The first-order chi connectivity index (χ1) is 13.5. The van der Waals surface area contributed by atoms with Crippen molar-refractivity contribution in [3.8, 4) is 5.75 Å². The molecule has 0 aliphatic heterocycles. The van der Waals surface area contributed by atoms with Crippen molar-refractivity contribution in [1.82, 2.24) is 14.9 Å². The minimum absolute atomic E-state index is 0.119. The van der Waals surface area contributed by atoms with Crippen LogP contribution in [0.15, 0.2) is 48.0 Å². The van der Waals surface area contributed by atoms with Crippen LogP contribution in [0.1, 0.15) is 22.7 Å². The Morgan fingerprint density at radius 3 is 2.54 bits per heavy atom. The molecule has 0 bridgehead atoms. The Morgan fingerprint density at radius 1 is 1.18 bits per heavy atom. The summed E-state index contributed by atoms with van der Waals surface area (Å²) in [5, 5.41) is 5.97. The third kappa shape index (κ3) is 5.43. The topological polar surface area (TPSA) is 76.3 Å². The van der Waals surface area contributed by atoms with Crippen LogP contribution < -0.4 is 15.8 Å². The molecular weight excluding hydrogens is 370 g/mol. The normalized spacial score (nSPS) is 12.1. The largest absolute Gasteiger partial charge is 0.497 e. The van der Waals surface area contributed by atoms with E-state index < -0.39 is 0 Å². The van der Waals surface area contributed by atoms with Crippen LogP contribution in [0, 0.1) is 0 Å². The molecule has 0 saturated heterocycles. The number of pyridine rings is 1. The van der Waals surface area contributed by atoms with Gasteiger partial charge in [-0.25, -0.2) is 9.97 Å². The van der Waals surface area contributed by atoms with Gasteiger partial charge in [-0.1, -0.05) is 18.2 Å². The van der Waals surface area contributed by atoms with E-state index in [9.17, 15) is 0 Å². The molecule has 1 atom stereocenters. The molecule has 0 amide bonds. The van der Waals surface area contributed by atoms with E-state index in [2.05, 4.69) is 52.5 Å². The number of nitrogen functional groups attached to an aromatic ring is 1. The second-order valence-corrected chi connectivity index (χ2v) is 7.81. The summed E-state index contributed by atoms with van der Waals surface area (Å²) in [6.45, 7) is 1.83. The Balaban J connectivity index is 1.75. The molecule has 0 saturated carbocycles. The van der Waals surface area contributed by atoms with E-state index in [1.54, 1.807) is 7.11 Å². The molecule has 0 fully saturated rings. The molecule has 2 aromatic heterocycles. The van der Waals surface area contributed by atoms with Crippen LogP contribution in [0.4, 0.5) is 10.9 Å². The second-order valence-electron chi connectivity index (χ2n) is 6.92. The van der Waals surface area contributed by atoms with Gasteiger partial charge in [-0.15, -0.1) is 11.3 Å². The minimum Gasteiger partial charge on any atom is -0.497 e. The molecular formula is C21H27N5OS. The first kappa shape index (κ1) is 20.1. The number of methoxy groups -OCH3 is 1. The molecule has 148 valence electrons. The van der Waals surface area contributed by atoms with Gasteiger partial charge in [0.25, 0.3) is 0 Å². The maximum atomic E-state index is 5.88. The summed E-state index contributed by atoms with van der Waals surface area (Å²) in [5.74, 6) is 1.86. The predicted octanol–water partition coefficient (Wildman–Crippen LogP) is 3.48. The molecule has 7 heteroatoms. The van der Waals surface area contributed by atoms with E-state index in [1.807, 2.05) is 29.8 Å². The number of nitrogens with zero attached hydrogens (tertiary/aromatic N) is 3. The molecule has 0 aliphatic carbocycles. The highest BCUT2D eigenvalue weighted by Gasteiger charge is 2.18. The number of hydrogen-bond donors (Lipinski definition) is 2. The number of thiazole rings is 1. The Kier molecular flexibility index (Phi) is 6.84. The Labute approximate surface area is 170 Å². The number of anilines is 2. The number of aromatic nitrogens is 2. The highest BCUT2D eigenvalue weighted by molar-refractivity contribution is 7.13. The van der Waals surface area contributed by atoms with Gasteiger partial charge in [-0.05, 0) is 49.8 Å². The summed E-state index contributed by atoms with van der Waals surface area (Å²) in [4.78, 5) is 11.2. The predicted molar refractivity (Wildman–Crippen MR) is 116 cm³/mol. The zero-order valence-corrected chi connectivity index (χ0v) is 17.4. The van der Waals surface area contributed by atoms with Crippen LogP contribution in [0.5, 0.6) is 5.75 Å². The smallest absolute Gasteiger partial charge is 0.180 e. The van der Waals surface area contributed by atoms with Crippen molar-refractivity contribution in [2.45, 2.75) is 12.3 Å². The SMILES string of the molecule is COc1ccc(C(Cc2ccc(NCCN(C)C)nc2)c2csc(N)n2)cc1. The average Bonchev–Trinajstić information content (AvgIpc) is 3.13. The van der Waals surface area contributed by atoms with Crippen molar-refractivity contribution in [1.29, 1.82) is 0 Å². The lowest BCUT2D eigenvalue weighted by atomic mass is 9.90. The summed E-state index contributed by atoms with van der Waals surface area (Å²) in [7, 11) is 5.79. The highest BCUT2D eigenvalue weighted by atomic mass is 32.1.